The standard InChI is InChI=1S/C11H15N3O4/c1-18-11(17)8(3-2-6-12)14-10(16)7-4-5-9(15)13-7/h7-8H,2-5H2,1H3,(H,13,15)(H,14,16)/t7-,8-/m1/s1. The highest BCUT2D eigenvalue weighted by Gasteiger charge is 2.30. The van der Waals surface area contributed by atoms with Gasteiger partial charge in [-0.1, -0.05) is 0 Å². The lowest BCUT2D eigenvalue weighted by atomic mass is 10.1. The molecular weight excluding hydrogens is 238 g/mol. The van der Waals surface area contributed by atoms with Crippen LogP contribution in [0.2, 0.25) is 0 Å². The first-order chi connectivity index (χ1) is 8.58. The van der Waals surface area contributed by atoms with Crippen molar-refractivity contribution in [2.24, 2.45) is 0 Å². The predicted octanol–water partition coefficient (Wildman–Crippen LogP) is -0.773. The van der Waals surface area contributed by atoms with Crippen LogP contribution in [0, 0.1) is 11.3 Å². The summed E-state index contributed by atoms with van der Waals surface area (Å²) < 4.78 is 4.54. The average Bonchev–Trinajstić information content (AvgIpc) is 2.80. The summed E-state index contributed by atoms with van der Waals surface area (Å²) >= 11 is 0. The molecule has 0 saturated carbocycles. The molecule has 1 aliphatic heterocycles. The van der Waals surface area contributed by atoms with Crippen LogP contribution in [0.15, 0.2) is 0 Å². The van der Waals surface area contributed by atoms with Crippen molar-refractivity contribution in [1.82, 2.24) is 10.6 Å². The molecule has 0 aliphatic carbocycles. The van der Waals surface area contributed by atoms with Crippen LogP contribution in [0.25, 0.3) is 0 Å². The number of rotatable bonds is 5. The summed E-state index contributed by atoms with van der Waals surface area (Å²) in [6.45, 7) is 0. The van der Waals surface area contributed by atoms with Gasteiger partial charge >= 0.3 is 5.97 Å². The monoisotopic (exact) mass is 253 g/mol. The first-order valence-electron chi connectivity index (χ1n) is 5.63. The summed E-state index contributed by atoms with van der Waals surface area (Å²) in [6, 6.07) is 0.446. The molecule has 2 N–H and O–H groups in total. The van der Waals surface area contributed by atoms with Gasteiger partial charge in [0, 0.05) is 12.8 Å². The Bertz CT molecular complexity index is 388. The molecule has 1 aliphatic rings. The minimum Gasteiger partial charge on any atom is -0.467 e. The normalized spacial score (nSPS) is 19.6. The number of ether oxygens (including phenoxy) is 1. The second kappa shape index (κ2) is 6.59. The lowest BCUT2D eigenvalue weighted by molar-refractivity contribution is -0.145. The van der Waals surface area contributed by atoms with E-state index in [4.69, 9.17) is 5.26 Å². The lowest BCUT2D eigenvalue weighted by Gasteiger charge is -2.17. The zero-order chi connectivity index (χ0) is 13.5. The van der Waals surface area contributed by atoms with E-state index in [1.54, 1.807) is 0 Å². The third-order valence-corrected chi connectivity index (χ3v) is 2.66. The third-order valence-electron chi connectivity index (χ3n) is 2.66. The Morgan fingerprint density at radius 3 is 2.89 bits per heavy atom. The predicted molar refractivity (Wildman–Crippen MR) is 60.0 cm³/mol. The number of hydrogen-bond acceptors (Lipinski definition) is 5. The van der Waals surface area contributed by atoms with E-state index in [0.717, 1.165) is 0 Å². The number of hydrogen-bond donors (Lipinski definition) is 2. The molecule has 0 spiro atoms. The quantitative estimate of drug-likeness (QED) is 0.625. The largest absolute Gasteiger partial charge is 0.467 e. The topological polar surface area (TPSA) is 108 Å². The average molecular weight is 253 g/mol. The van der Waals surface area contributed by atoms with Gasteiger partial charge in [0.05, 0.1) is 13.2 Å². The van der Waals surface area contributed by atoms with E-state index >= 15 is 0 Å². The van der Waals surface area contributed by atoms with Crippen molar-refractivity contribution < 1.29 is 19.1 Å². The van der Waals surface area contributed by atoms with Crippen LogP contribution in [0.1, 0.15) is 25.7 Å². The van der Waals surface area contributed by atoms with Crippen LogP contribution in [0.3, 0.4) is 0 Å². The van der Waals surface area contributed by atoms with Crippen LogP contribution < -0.4 is 10.6 Å². The van der Waals surface area contributed by atoms with Crippen molar-refractivity contribution >= 4 is 17.8 Å². The van der Waals surface area contributed by atoms with Gasteiger partial charge in [0.2, 0.25) is 11.8 Å². The number of nitrogens with zero attached hydrogens (tertiary/aromatic N) is 1. The molecule has 2 atom stereocenters. The Morgan fingerprint density at radius 2 is 2.39 bits per heavy atom. The zero-order valence-corrected chi connectivity index (χ0v) is 10.1. The van der Waals surface area contributed by atoms with Crippen LogP contribution in [-0.4, -0.2) is 37.0 Å². The second-order valence-corrected chi connectivity index (χ2v) is 3.94. The van der Waals surface area contributed by atoms with Crippen LogP contribution in [-0.2, 0) is 19.1 Å². The highest BCUT2D eigenvalue weighted by atomic mass is 16.5. The summed E-state index contributed by atoms with van der Waals surface area (Å²) in [5.41, 5.74) is 0. The fraction of sp³-hybridized carbons (Fsp3) is 0.636. The van der Waals surface area contributed by atoms with Crippen LogP contribution in [0.4, 0.5) is 0 Å². The lowest BCUT2D eigenvalue weighted by Crippen LogP contribution is -2.49. The third kappa shape index (κ3) is 3.73. The molecule has 1 saturated heterocycles. The van der Waals surface area contributed by atoms with Gasteiger partial charge < -0.3 is 15.4 Å². The Morgan fingerprint density at radius 1 is 1.67 bits per heavy atom. The highest BCUT2D eigenvalue weighted by molar-refractivity contribution is 5.93. The molecule has 18 heavy (non-hydrogen) atoms. The van der Waals surface area contributed by atoms with Crippen molar-refractivity contribution in [2.75, 3.05) is 7.11 Å². The molecule has 98 valence electrons. The van der Waals surface area contributed by atoms with Crippen molar-refractivity contribution in [3.63, 3.8) is 0 Å². The Balaban J connectivity index is 2.54. The molecule has 0 unspecified atom stereocenters. The molecule has 0 radical (unpaired) electrons. The number of nitrogens with one attached hydrogen (secondary N) is 2. The summed E-state index contributed by atoms with van der Waals surface area (Å²) in [5.74, 6) is -1.20. The number of methoxy groups -OCH3 is 1. The second-order valence-electron chi connectivity index (χ2n) is 3.94. The SMILES string of the molecule is COC(=O)[C@@H](CCC#N)NC(=O)[C@H]1CCC(=O)N1. The molecule has 0 bridgehead atoms. The van der Waals surface area contributed by atoms with Gasteiger partial charge in [0.25, 0.3) is 0 Å². The van der Waals surface area contributed by atoms with Gasteiger partial charge in [-0.25, -0.2) is 4.79 Å². The van der Waals surface area contributed by atoms with E-state index in [1.165, 1.54) is 7.11 Å². The maximum Gasteiger partial charge on any atom is 0.328 e. The highest BCUT2D eigenvalue weighted by Crippen LogP contribution is 2.08. The molecule has 1 fully saturated rings. The molecule has 7 heteroatoms. The zero-order valence-electron chi connectivity index (χ0n) is 10.1. The van der Waals surface area contributed by atoms with E-state index in [2.05, 4.69) is 15.4 Å². The van der Waals surface area contributed by atoms with Crippen molar-refractivity contribution in [3.05, 3.63) is 0 Å². The van der Waals surface area contributed by atoms with Crippen LogP contribution >= 0.6 is 0 Å². The molecule has 0 aromatic rings. The number of nitriles is 1. The molecule has 2 amide bonds. The number of amides is 2. The Kier molecular flexibility index (Phi) is 5.11. The first kappa shape index (κ1) is 14.0. The van der Waals surface area contributed by atoms with Crippen molar-refractivity contribution in [1.29, 1.82) is 5.26 Å². The molecule has 0 aromatic carbocycles. The smallest absolute Gasteiger partial charge is 0.328 e. The maximum absolute atomic E-state index is 11.8. The summed E-state index contributed by atoms with van der Waals surface area (Å²) in [5, 5.41) is 13.5. The number of carbonyl (C=O) groups is 3. The van der Waals surface area contributed by atoms with Gasteiger partial charge in [0.1, 0.15) is 12.1 Å². The van der Waals surface area contributed by atoms with Gasteiger partial charge in [0.15, 0.2) is 0 Å². The van der Waals surface area contributed by atoms with E-state index < -0.39 is 24.0 Å². The number of esters is 1. The molecule has 1 heterocycles. The van der Waals surface area contributed by atoms with E-state index in [1.807, 2.05) is 6.07 Å². The summed E-state index contributed by atoms with van der Waals surface area (Å²) in [6.07, 6.45) is 1.04. The van der Waals surface area contributed by atoms with E-state index in [9.17, 15) is 14.4 Å². The fourth-order valence-electron chi connectivity index (χ4n) is 1.68. The van der Waals surface area contributed by atoms with Crippen LogP contribution in [0.5, 0.6) is 0 Å². The van der Waals surface area contributed by atoms with Gasteiger partial charge in [-0.15, -0.1) is 0 Å². The summed E-state index contributed by atoms with van der Waals surface area (Å²) in [7, 11) is 1.21. The van der Waals surface area contributed by atoms with E-state index in [0.29, 0.717) is 12.8 Å². The molecule has 0 aromatic heterocycles. The van der Waals surface area contributed by atoms with Crippen molar-refractivity contribution in [2.45, 2.75) is 37.8 Å². The molecule has 7 nitrogen and oxygen atoms in total. The molecule has 1 rings (SSSR count). The van der Waals surface area contributed by atoms with Crippen molar-refractivity contribution in [3.8, 4) is 6.07 Å². The van der Waals surface area contributed by atoms with Gasteiger partial charge in [-0.3, -0.25) is 9.59 Å². The minimum atomic E-state index is -0.848. The maximum atomic E-state index is 11.8. The Labute approximate surface area is 104 Å². The minimum absolute atomic E-state index is 0.136. The van der Waals surface area contributed by atoms with Gasteiger partial charge in [-0.2, -0.15) is 5.26 Å². The van der Waals surface area contributed by atoms with Gasteiger partial charge in [-0.05, 0) is 12.8 Å². The first-order valence-corrected chi connectivity index (χ1v) is 5.63. The van der Waals surface area contributed by atoms with E-state index in [-0.39, 0.29) is 18.7 Å². The summed E-state index contributed by atoms with van der Waals surface area (Å²) in [4.78, 5) is 34.1. The Hall–Kier alpha value is -2.10. The fourth-order valence-corrected chi connectivity index (χ4v) is 1.68. The number of carbonyl (C=O) groups excluding carboxylic acids is 3. The molecular formula is C11H15N3O4.